The van der Waals surface area contributed by atoms with E-state index in [9.17, 15) is 23.3 Å². The average molecular weight is 887 g/mol. The second-order valence-corrected chi connectivity index (χ2v) is 21.7. The van der Waals surface area contributed by atoms with Gasteiger partial charge in [-0.05, 0) is 128 Å². The van der Waals surface area contributed by atoms with Gasteiger partial charge in [-0.25, -0.2) is 23.1 Å². The molecular formula is C49H58N8O6S. The largest absolute Gasteiger partial charge is 0.455 e. The summed E-state index contributed by atoms with van der Waals surface area (Å²) < 4.78 is 35.9. The van der Waals surface area contributed by atoms with Gasteiger partial charge in [0.15, 0.2) is 0 Å². The second kappa shape index (κ2) is 16.8. The van der Waals surface area contributed by atoms with E-state index in [0.717, 1.165) is 94.0 Å². The van der Waals surface area contributed by atoms with Crippen LogP contribution in [0.3, 0.4) is 0 Å². The quantitative estimate of drug-likeness (QED) is 0.0759. The summed E-state index contributed by atoms with van der Waals surface area (Å²) in [7, 11) is -4.59. The fourth-order valence-corrected chi connectivity index (χ4v) is 12.0. The normalized spacial score (nSPS) is 22.3. The molecule has 5 aromatic rings. The topological polar surface area (TPSA) is 176 Å². The summed E-state index contributed by atoms with van der Waals surface area (Å²) in [6.07, 6.45) is 17.0. The number of fused-ring (bicyclic) bond motifs is 1. The lowest BCUT2D eigenvalue weighted by Crippen LogP contribution is -2.63. The molecule has 64 heavy (non-hydrogen) atoms. The van der Waals surface area contributed by atoms with Crippen molar-refractivity contribution in [3.63, 3.8) is 0 Å². The highest BCUT2D eigenvalue weighted by Gasteiger charge is 2.50. The Morgan fingerprint density at radius 3 is 2.44 bits per heavy atom. The zero-order valence-electron chi connectivity index (χ0n) is 36.7. The van der Waals surface area contributed by atoms with Crippen molar-refractivity contribution in [2.75, 3.05) is 42.9 Å². The van der Waals surface area contributed by atoms with E-state index in [1.165, 1.54) is 32.1 Å². The molecule has 3 saturated carbocycles. The van der Waals surface area contributed by atoms with Crippen molar-refractivity contribution >= 4 is 44.2 Å². The molecule has 2 aliphatic heterocycles. The third kappa shape index (κ3) is 8.68. The van der Waals surface area contributed by atoms with E-state index in [-0.39, 0.29) is 28.0 Å². The van der Waals surface area contributed by atoms with E-state index >= 15 is 0 Å². The molecule has 3 aromatic heterocycles. The van der Waals surface area contributed by atoms with Crippen LogP contribution < -0.4 is 19.7 Å². The van der Waals surface area contributed by atoms with E-state index in [1.807, 2.05) is 12.1 Å². The van der Waals surface area contributed by atoms with Gasteiger partial charge in [0.2, 0.25) is 5.82 Å². The first kappa shape index (κ1) is 42.4. The number of pyridine rings is 2. The van der Waals surface area contributed by atoms with Gasteiger partial charge in [-0.1, -0.05) is 44.5 Å². The monoisotopic (exact) mass is 886 g/mol. The summed E-state index contributed by atoms with van der Waals surface area (Å²) in [5.41, 5.74) is 4.79. The Hall–Kier alpha value is -5.54. The number of ether oxygens (including phenoxy) is 1. The van der Waals surface area contributed by atoms with Crippen LogP contribution in [-0.2, 0) is 10.0 Å². The van der Waals surface area contributed by atoms with Crippen LogP contribution >= 0.6 is 0 Å². The Balaban J connectivity index is 0.833. The summed E-state index contributed by atoms with van der Waals surface area (Å²) in [6.45, 7) is 8.93. The predicted molar refractivity (Wildman–Crippen MR) is 247 cm³/mol. The first-order valence-corrected chi connectivity index (χ1v) is 24.6. The van der Waals surface area contributed by atoms with Crippen LogP contribution in [0.5, 0.6) is 11.5 Å². The molecule has 15 heteroatoms. The van der Waals surface area contributed by atoms with E-state index in [2.05, 4.69) is 72.9 Å². The van der Waals surface area contributed by atoms with Gasteiger partial charge in [0.25, 0.3) is 15.9 Å². The van der Waals surface area contributed by atoms with Gasteiger partial charge in [0.05, 0.1) is 22.9 Å². The van der Waals surface area contributed by atoms with Crippen LogP contribution in [0.4, 0.5) is 17.2 Å². The lowest BCUT2D eigenvalue weighted by Gasteiger charge is -2.57. The highest BCUT2D eigenvalue weighted by molar-refractivity contribution is 7.90. The Morgan fingerprint density at radius 1 is 0.922 bits per heavy atom. The Labute approximate surface area is 374 Å². The summed E-state index contributed by atoms with van der Waals surface area (Å²) in [5.74, 6) is 1.28. The number of aromatic amines is 1. The minimum Gasteiger partial charge on any atom is -0.455 e. The highest BCUT2D eigenvalue weighted by Crippen LogP contribution is 2.51. The lowest BCUT2D eigenvalue weighted by atomic mass is 9.70. The van der Waals surface area contributed by atoms with Gasteiger partial charge in [-0.15, -0.1) is 0 Å². The molecule has 0 unspecified atom stereocenters. The number of nitro groups is 1. The number of nitrogens with one attached hydrogen (secondary N) is 3. The number of carbonyl (C=O) groups is 1. The van der Waals surface area contributed by atoms with Crippen LogP contribution in [0.1, 0.15) is 118 Å². The number of aromatic nitrogens is 3. The van der Waals surface area contributed by atoms with E-state index in [4.69, 9.17) is 4.74 Å². The Bertz CT molecular complexity index is 2670. The number of carbonyl (C=O) groups excluding carboxylic acids is 1. The Kier molecular flexibility index (Phi) is 11.1. The number of hydrogen-bond acceptors (Lipinski definition) is 11. The summed E-state index contributed by atoms with van der Waals surface area (Å²) >= 11 is 0. The van der Waals surface area contributed by atoms with E-state index in [0.29, 0.717) is 35.8 Å². The highest BCUT2D eigenvalue weighted by atomic mass is 32.2. The third-order valence-electron chi connectivity index (χ3n) is 15.0. The molecule has 3 N–H and O–H groups in total. The molecule has 2 atom stereocenters. The van der Waals surface area contributed by atoms with Crippen molar-refractivity contribution in [2.24, 2.45) is 16.7 Å². The molecular weight excluding hydrogens is 829 g/mol. The van der Waals surface area contributed by atoms with Crippen molar-refractivity contribution in [3.05, 3.63) is 106 Å². The zero-order chi connectivity index (χ0) is 44.2. The molecule has 2 aromatic carbocycles. The van der Waals surface area contributed by atoms with Crippen LogP contribution in [0.25, 0.3) is 11.0 Å². The number of hydrogen-bond donors (Lipinski definition) is 3. The lowest BCUT2D eigenvalue weighted by molar-refractivity contribution is -0.384. The van der Waals surface area contributed by atoms with E-state index in [1.54, 1.807) is 41.7 Å². The fraction of sp³-hybridized carbons (Fsp3) is 0.490. The fourth-order valence-electron chi connectivity index (χ4n) is 11.0. The number of H-pyrrole nitrogens is 1. The number of benzene rings is 2. The number of nitrogens with zero attached hydrogens (tertiary/aromatic N) is 5. The first-order valence-electron chi connectivity index (χ1n) is 23.1. The number of amides is 1. The molecule has 3 aliphatic carbocycles. The molecule has 0 radical (unpaired) electrons. The molecule has 1 amide bonds. The number of rotatable bonds is 13. The minimum absolute atomic E-state index is 0.00888. The molecule has 5 heterocycles. The molecule has 336 valence electrons. The van der Waals surface area contributed by atoms with Gasteiger partial charge >= 0.3 is 5.69 Å². The second-order valence-electron chi connectivity index (χ2n) is 20.0. The van der Waals surface area contributed by atoms with Crippen molar-refractivity contribution < 1.29 is 22.9 Å². The van der Waals surface area contributed by atoms with Crippen molar-refractivity contribution in [2.45, 2.75) is 107 Å². The van der Waals surface area contributed by atoms with Crippen LogP contribution in [0, 0.1) is 26.9 Å². The maximum Gasteiger partial charge on any atom is 0.312 e. The molecule has 5 aliphatic rings. The number of likely N-dealkylation sites (tertiary alicyclic amines) is 1. The maximum atomic E-state index is 14.0. The zero-order valence-corrected chi connectivity index (χ0v) is 37.5. The van der Waals surface area contributed by atoms with Gasteiger partial charge in [0.1, 0.15) is 22.0 Å². The number of sulfonamides is 1. The van der Waals surface area contributed by atoms with Gasteiger partial charge < -0.3 is 19.9 Å². The van der Waals surface area contributed by atoms with Crippen molar-refractivity contribution in [1.82, 2.24) is 24.6 Å². The number of piperidine rings is 1. The first-order chi connectivity index (χ1) is 30.8. The van der Waals surface area contributed by atoms with Crippen molar-refractivity contribution in [1.29, 1.82) is 0 Å². The van der Waals surface area contributed by atoms with Crippen LogP contribution in [0.15, 0.2) is 84.1 Å². The van der Waals surface area contributed by atoms with Crippen LogP contribution in [0.2, 0.25) is 0 Å². The third-order valence-corrected chi connectivity index (χ3v) is 16.3. The van der Waals surface area contributed by atoms with E-state index < -0.39 is 31.4 Å². The molecule has 14 nitrogen and oxygen atoms in total. The van der Waals surface area contributed by atoms with Gasteiger partial charge in [-0.3, -0.25) is 19.8 Å². The molecule has 5 fully saturated rings. The molecule has 1 spiro atoms. The van der Waals surface area contributed by atoms with Gasteiger partial charge in [0, 0.05) is 68.2 Å². The maximum absolute atomic E-state index is 14.0. The van der Waals surface area contributed by atoms with Crippen molar-refractivity contribution in [3.8, 4) is 11.5 Å². The smallest absolute Gasteiger partial charge is 0.312 e. The Morgan fingerprint density at radius 2 is 1.69 bits per heavy atom. The number of anilines is 2. The molecule has 0 bridgehead atoms. The summed E-state index contributed by atoms with van der Waals surface area (Å²) in [5, 5.41) is 16.0. The van der Waals surface area contributed by atoms with Gasteiger partial charge in [-0.2, -0.15) is 0 Å². The summed E-state index contributed by atoms with van der Waals surface area (Å²) in [4.78, 5) is 41.7. The standard InChI is InChI=1S/C49H58N8O6S/c1-48(2)17-14-32(15-18-48)27-51-46-43(57(59)60)26-37(29-53-46)64(61,62)54-47(58)41-13-12-35(25-44(41)63-36-24-34-16-21-50-45(34)52-28-36)55-22-19-49(20-23-55)30-56(31-49)42-9-5-8-40(42)39-7-4-3-6-38(39)33-10-11-33/h3-4,6-7,12-13,16,21,24-26,28-29,32-33,40,42H,5,8-11,14-15,17-20,22-23,27,30-31H2,1-2H3,(H,50,52)(H,51,53)(H,54,58)/t40-,42+/m1/s1. The molecule has 2 saturated heterocycles. The minimum atomic E-state index is -4.59. The SMILES string of the molecule is CC1(C)CCC(CNc2ncc(S(=O)(=O)NC(=O)c3ccc(N4CCC5(CC4)CN([C@H]4CCC[C@@H]4c4ccccc4C4CC4)C5)cc3Oc3cnc4[nH]ccc4c3)cc2[N+](=O)[O-])CC1. The summed E-state index contributed by atoms with van der Waals surface area (Å²) in [6, 6.07) is 19.6. The molecule has 10 rings (SSSR count). The average Bonchev–Trinajstić information content (AvgIpc) is 3.82. The predicted octanol–water partition coefficient (Wildman–Crippen LogP) is 9.52. The van der Waals surface area contributed by atoms with Crippen LogP contribution in [-0.4, -0.2) is 77.9 Å².